The first-order chi connectivity index (χ1) is 15.7. The van der Waals surface area contributed by atoms with E-state index in [1.165, 1.54) is 17.0 Å². The Kier molecular flexibility index (Phi) is 9.08. The lowest BCUT2D eigenvalue weighted by Gasteiger charge is -2.34. The molecule has 2 aromatic carbocycles. The molecule has 0 aliphatic heterocycles. The van der Waals surface area contributed by atoms with Gasteiger partial charge in [-0.2, -0.15) is 0 Å². The monoisotopic (exact) mass is 511 g/mol. The van der Waals surface area contributed by atoms with Crippen LogP contribution in [-0.4, -0.2) is 49.5 Å². The molecular weight excluding hydrogens is 481 g/mol. The highest BCUT2D eigenvalue weighted by molar-refractivity contribution is 7.92. The second-order valence-corrected chi connectivity index (χ2v) is 11.3. The molecule has 0 aliphatic carbocycles. The Balaban J connectivity index is 2.46. The number of rotatable bonds is 9. The summed E-state index contributed by atoms with van der Waals surface area (Å²) in [4.78, 5) is 28.0. The first-order valence-electron chi connectivity index (χ1n) is 10.8. The van der Waals surface area contributed by atoms with Gasteiger partial charge in [-0.3, -0.25) is 13.9 Å². The molecule has 0 fully saturated rings. The molecule has 7 nitrogen and oxygen atoms in total. The van der Waals surface area contributed by atoms with Crippen LogP contribution in [0, 0.1) is 5.82 Å². The number of hydrogen-bond donors (Lipinski definition) is 1. The summed E-state index contributed by atoms with van der Waals surface area (Å²) >= 11 is 6.32. The van der Waals surface area contributed by atoms with Gasteiger partial charge in [-0.05, 0) is 63.1 Å². The van der Waals surface area contributed by atoms with Gasteiger partial charge >= 0.3 is 0 Å². The van der Waals surface area contributed by atoms with Crippen molar-refractivity contribution in [1.82, 2.24) is 10.2 Å². The summed E-state index contributed by atoms with van der Waals surface area (Å²) in [6, 6.07) is 10.9. The average molecular weight is 512 g/mol. The van der Waals surface area contributed by atoms with E-state index in [2.05, 4.69) is 5.32 Å². The summed E-state index contributed by atoms with van der Waals surface area (Å²) in [5.74, 6) is -1.48. The number of amides is 2. The van der Waals surface area contributed by atoms with Gasteiger partial charge in [0.1, 0.15) is 18.4 Å². The summed E-state index contributed by atoms with van der Waals surface area (Å²) in [5.41, 5.74) is 0.227. The zero-order valence-corrected chi connectivity index (χ0v) is 21.6. The lowest BCUT2D eigenvalue weighted by atomic mass is 10.1. The van der Waals surface area contributed by atoms with Crippen molar-refractivity contribution in [2.45, 2.75) is 52.2 Å². The van der Waals surface area contributed by atoms with Crippen LogP contribution in [0.1, 0.15) is 39.7 Å². The van der Waals surface area contributed by atoms with E-state index in [0.717, 1.165) is 22.7 Å². The third kappa shape index (κ3) is 7.70. The van der Waals surface area contributed by atoms with E-state index < -0.39 is 39.9 Å². The molecule has 2 rings (SSSR count). The summed E-state index contributed by atoms with van der Waals surface area (Å²) < 4.78 is 39.3. The Hall–Kier alpha value is -2.65. The fraction of sp³-hybridized carbons (Fsp3) is 0.417. The minimum atomic E-state index is -3.89. The average Bonchev–Trinajstić information content (AvgIpc) is 2.71. The topological polar surface area (TPSA) is 86.8 Å². The molecule has 0 radical (unpaired) electrons. The largest absolute Gasteiger partial charge is 0.350 e. The number of sulfonamides is 1. The number of carbonyl (C=O) groups is 2. The molecule has 0 saturated carbocycles. The van der Waals surface area contributed by atoms with E-state index in [1.807, 2.05) is 20.8 Å². The standard InChI is InChI=1S/C24H31ClFN3O4S/c1-6-21(23(31)27-24(2,3)4)28(15-17-9-7-8-10-20(17)25)22(30)16-29(34(5,32)33)19-13-11-18(26)12-14-19/h7-14,21H,6,15-16H2,1-5H3,(H,27,31)/t21-/m0/s1. The van der Waals surface area contributed by atoms with Crippen molar-refractivity contribution < 1.29 is 22.4 Å². The quantitative estimate of drug-likeness (QED) is 0.552. The fourth-order valence-corrected chi connectivity index (χ4v) is 4.45. The summed E-state index contributed by atoms with van der Waals surface area (Å²) in [5, 5.41) is 3.31. The zero-order chi connectivity index (χ0) is 25.7. The van der Waals surface area contributed by atoms with Gasteiger partial charge in [0, 0.05) is 17.1 Å². The number of hydrogen-bond acceptors (Lipinski definition) is 4. The Labute approximate surface area is 205 Å². The van der Waals surface area contributed by atoms with Gasteiger partial charge in [0.05, 0.1) is 11.9 Å². The maximum Gasteiger partial charge on any atom is 0.244 e. The predicted octanol–water partition coefficient (Wildman–Crippen LogP) is 3.97. The lowest BCUT2D eigenvalue weighted by Crippen LogP contribution is -2.55. The highest BCUT2D eigenvalue weighted by Gasteiger charge is 2.33. The van der Waals surface area contributed by atoms with Crippen LogP contribution in [0.25, 0.3) is 0 Å². The van der Waals surface area contributed by atoms with Crippen molar-refractivity contribution in [1.29, 1.82) is 0 Å². The van der Waals surface area contributed by atoms with Crippen molar-refractivity contribution in [3.8, 4) is 0 Å². The minimum absolute atomic E-state index is 0.00952. The van der Waals surface area contributed by atoms with Crippen LogP contribution >= 0.6 is 11.6 Å². The minimum Gasteiger partial charge on any atom is -0.350 e. The van der Waals surface area contributed by atoms with Crippen LogP contribution in [0.15, 0.2) is 48.5 Å². The summed E-state index contributed by atoms with van der Waals surface area (Å²) in [7, 11) is -3.89. The van der Waals surface area contributed by atoms with Crippen molar-refractivity contribution >= 4 is 39.1 Å². The Morgan fingerprint density at radius 1 is 1.09 bits per heavy atom. The van der Waals surface area contributed by atoms with Crippen LogP contribution in [0.5, 0.6) is 0 Å². The van der Waals surface area contributed by atoms with E-state index in [4.69, 9.17) is 11.6 Å². The third-order valence-corrected chi connectivity index (χ3v) is 6.49. The highest BCUT2D eigenvalue weighted by Crippen LogP contribution is 2.22. The van der Waals surface area contributed by atoms with E-state index in [-0.39, 0.29) is 18.1 Å². The van der Waals surface area contributed by atoms with Gasteiger partial charge in [0.2, 0.25) is 21.8 Å². The van der Waals surface area contributed by atoms with Crippen LogP contribution in [-0.2, 0) is 26.2 Å². The van der Waals surface area contributed by atoms with E-state index in [0.29, 0.717) is 17.0 Å². The fourth-order valence-electron chi connectivity index (χ4n) is 3.40. The molecule has 10 heteroatoms. The van der Waals surface area contributed by atoms with Crippen LogP contribution < -0.4 is 9.62 Å². The lowest BCUT2D eigenvalue weighted by molar-refractivity contribution is -0.141. The van der Waals surface area contributed by atoms with Gasteiger partial charge in [0.25, 0.3) is 0 Å². The number of anilines is 1. The summed E-state index contributed by atoms with van der Waals surface area (Å²) in [6.07, 6.45) is 1.26. The van der Waals surface area contributed by atoms with Gasteiger partial charge in [-0.15, -0.1) is 0 Å². The number of benzene rings is 2. The molecule has 0 bridgehead atoms. The molecule has 0 unspecified atom stereocenters. The van der Waals surface area contributed by atoms with Gasteiger partial charge in [-0.1, -0.05) is 36.7 Å². The first-order valence-corrected chi connectivity index (χ1v) is 13.0. The van der Waals surface area contributed by atoms with Gasteiger partial charge in [0.15, 0.2) is 0 Å². The second kappa shape index (κ2) is 11.2. The van der Waals surface area contributed by atoms with Crippen molar-refractivity contribution in [2.24, 2.45) is 0 Å². The van der Waals surface area contributed by atoms with E-state index in [9.17, 15) is 22.4 Å². The smallest absolute Gasteiger partial charge is 0.244 e. The van der Waals surface area contributed by atoms with Crippen LogP contribution in [0.2, 0.25) is 5.02 Å². The normalized spacial score (nSPS) is 12.7. The molecule has 2 amide bonds. The molecular formula is C24H31ClFN3O4S. The number of carbonyl (C=O) groups excluding carboxylic acids is 2. The number of nitrogens with zero attached hydrogens (tertiary/aromatic N) is 2. The molecule has 34 heavy (non-hydrogen) atoms. The molecule has 2 aromatic rings. The Morgan fingerprint density at radius 2 is 1.68 bits per heavy atom. The van der Waals surface area contributed by atoms with Crippen molar-refractivity contribution in [3.63, 3.8) is 0 Å². The molecule has 1 N–H and O–H groups in total. The molecule has 0 spiro atoms. The Bertz CT molecular complexity index is 1120. The molecule has 0 heterocycles. The number of nitrogens with one attached hydrogen (secondary N) is 1. The van der Waals surface area contributed by atoms with Gasteiger partial charge < -0.3 is 10.2 Å². The van der Waals surface area contributed by atoms with E-state index >= 15 is 0 Å². The molecule has 186 valence electrons. The first kappa shape index (κ1) is 27.6. The molecule has 0 saturated heterocycles. The van der Waals surface area contributed by atoms with E-state index in [1.54, 1.807) is 31.2 Å². The predicted molar refractivity (Wildman–Crippen MR) is 133 cm³/mol. The zero-order valence-electron chi connectivity index (χ0n) is 20.0. The van der Waals surface area contributed by atoms with Crippen molar-refractivity contribution in [2.75, 3.05) is 17.1 Å². The maximum absolute atomic E-state index is 13.5. The molecule has 1 atom stereocenters. The van der Waals surface area contributed by atoms with Crippen LogP contribution in [0.4, 0.5) is 10.1 Å². The number of halogens is 2. The van der Waals surface area contributed by atoms with Crippen molar-refractivity contribution in [3.05, 3.63) is 64.9 Å². The Morgan fingerprint density at radius 3 is 2.18 bits per heavy atom. The third-order valence-electron chi connectivity index (χ3n) is 4.98. The summed E-state index contributed by atoms with van der Waals surface area (Å²) in [6.45, 7) is 6.71. The molecule has 0 aromatic heterocycles. The van der Waals surface area contributed by atoms with Gasteiger partial charge in [-0.25, -0.2) is 12.8 Å². The highest BCUT2D eigenvalue weighted by atomic mass is 35.5. The second-order valence-electron chi connectivity index (χ2n) is 9.02. The van der Waals surface area contributed by atoms with Crippen LogP contribution in [0.3, 0.4) is 0 Å². The maximum atomic E-state index is 13.5. The SMILES string of the molecule is CC[C@@H](C(=O)NC(C)(C)C)N(Cc1ccccc1Cl)C(=O)CN(c1ccc(F)cc1)S(C)(=O)=O. The molecule has 0 aliphatic rings.